The number of hydrogen-bond acceptors (Lipinski definition) is 2. The van der Waals surface area contributed by atoms with Crippen molar-refractivity contribution in [1.29, 1.82) is 0 Å². The molecule has 2 aromatic carbocycles. The molecule has 0 amide bonds. The molecule has 0 aliphatic carbocycles. The monoisotopic (exact) mass is 374 g/mol. The number of carboxylic acid groups (broad SMARTS) is 1. The second kappa shape index (κ2) is 7.98. The SMILES string of the molecule is C[Si](C)(C)CC(CC(=O)c1ccc(-c2ccc(Cl)cc2)cc1)C(=O)O. The molecule has 0 aliphatic heterocycles. The third kappa shape index (κ3) is 5.83. The van der Waals surface area contributed by atoms with Crippen molar-refractivity contribution in [2.24, 2.45) is 5.92 Å². The zero-order chi connectivity index (χ0) is 18.6. The summed E-state index contributed by atoms with van der Waals surface area (Å²) in [4.78, 5) is 23.9. The molecule has 132 valence electrons. The van der Waals surface area contributed by atoms with Gasteiger partial charge in [0, 0.05) is 25.1 Å². The van der Waals surface area contributed by atoms with Gasteiger partial charge in [0.05, 0.1) is 5.92 Å². The molecule has 2 rings (SSSR count). The Balaban J connectivity index is 2.11. The van der Waals surface area contributed by atoms with Crippen LogP contribution < -0.4 is 0 Å². The van der Waals surface area contributed by atoms with Gasteiger partial charge in [-0.3, -0.25) is 9.59 Å². The van der Waals surface area contributed by atoms with Crippen molar-refractivity contribution in [3.05, 3.63) is 59.1 Å². The molecular weight excluding hydrogens is 352 g/mol. The first kappa shape index (κ1) is 19.4. The fourth-order valence-electron chi connectivity index (χ4n) is 2.82. The minimum absolute atomic E-state index is 0.0555. The van der Waals surface area contributed by atoms with Gasteiger partial charge in [-0.05, 0) is 29.3 Å². The zero-order valence-electron chi connectivity index (χ0n) is 14.8. The lowest BCUT2D eigenvalue weighted by Crippen LogP contribution is -2.29. The van der Waals surface area contributed by atoms with Crippen molar-refractivity contribution in [2.75, 3.05) is 0 Å². The smallest absolute Gasteiger partial charge is 0.306 e. The predicted molar refractivity (Wildman–Crippen MR) is 105 cm³/mol. The number of carbonyl (C=O) groups is 2. The maximum Gasteiger partial charge on any atom is 0.306 e. The fraction of sp³-hybridized carbons (Fsp3) is 0.300. The molecule has 1 atom stereocenters. The standard InChI is InChI=1S/C20H23ClO3Si/c1-25(2,3)13-17(20(23)24)12-19(22)16-6-4-14(5-7-16)15-8-10-18(21)11-9-15/h4-11,17H,12-13H2,1-3H3,(H,23,24). The summed E-state index contributed by atoms with van der Waals surface area (Å²) in [7, 11) is -1.55. The summed E-state index contributed by atoms with van der Waals surface area (Å²) in [5, 5.41) is 10.1. The van der Waals surface area contributed by atoms with Crippen LogP contribution in [-0.2, 0) is 4.79 Å². The van der Waals surface area contributed by atoms with E-state index in [-0.39, 0.29) is 12.2 Å². The van der Waals surface area contributed by atoms with Crippen molar-refractivity contribution in [3.63, 3.8) is 0 Å². The molecule has 5 heteroatoms. The molecule has 1 N–H and O–H groups in total. The van der Waals surface area contributed by atoms with Crippen LogP contribution >= 0.6 is 11.6 Å². The van der Waals surface area contributed by atoms with Crippen LogP contribution in [0, 0.1) is 5.92 Å². The molecule has 1 unspecified atom stereocenters. The van der Waals surface area contributed by atoms with Crippen molar-refractivity contribution >= 4 is 31.4 Å². The summed E-state index contributed by atoms with van der Waals surface area (Å²) in [5.41, 5.74) is 2.56. The van der Waals surface area contributed by atoms with Gasteiger partial charge in [-0.1, -0.05) is 67.6 Å². The summed E-state index contributed by atoms with van der Waals surface area (Å²) < 4.78 is 0. The average Bonchev–Trinajstić information content (AvgIpc) is 2.53. The van der Waals surface area contributed by atoms with Crippen LogP contribution in [0.25, 0.3) is 11.1 Å². The van der Waals surface area contributed by atoms with Crippen molar-refractivity contribution in [2.45, 2.75) is 32.1 Å². The number of ketones is 1. The van der Waals surface area contributed by atoms with Gasteiger partial charge in [0.1, 0.15) is 0 Å². The molecule has 2 aromatic rings. The van der Waals surface area contributed by atoms with Crippen molar-refractivity contribution in [3.8, 4) is 11.1 Å². The molecule has 0 aliphatic rings. The molecule has 0 heterocycles. The Morgan fingerprint density at radius 1 is 0.960 bits per heavy atom. The predicted octanol–water partition coefficient (Wildman–Crippen LogP) is 5.62. The van der Waals surface area contributed by atoms with Crippen LogP contribution in [0.2, 0.25) is 30.7 Å². The minimum atomic E-state index is -1.55. The van der Waals surface area contributed by atoms with Crippen LogP contribution in [0.5, 0.6) is 0 Å². The Labute approximate surface area is 154 Å². The Hall–Kier alpha value is -1.91. The molecule has 0 saturated heterocycles. The van der Waals surface area contributed by atoms with E-state index in [1.807, 2.05) is 36.4 Å². The van der Waals surface area contributed by atoms with E-state index in [4.69, 9.17) is 11.6 Å². The Kier molecular flexibility index (Phi) is 6.19. The second-order valence-electron chi connectivity index (χ2n) is 7.51. The summed E-state index contributed by atoms with van der Waals surface area (Å²) in [6.07, 6.45) is 0.0555. The van der Waals surface area contributed by atoms with Crippen LogP contribution in [0.15, 0.2) is 48.5 Å². The molecule has 0 fully saturated rings. The molecule has 0 bridgehead atoms. The molecular formula is C20H23ClO3Si. The van der Waals surface area contributed by atoms with Crippen molar-refractivity contribution in [1.82, 2.24) is 0 Å². The highest BCUT2D eigenvalue weighted by Crippen LogP contribution is 2.25. The van der Waals surface area contributed by atoms with E-state index in [1.54, 1.807) is 12.1 Å². The first-order chi connectivity index (χ1) is 11.7. The molecule has 0 radical (unpaired) electrons. The van der Waals surface area contributed by atoms with Gasteiger partial charge in [0.25, 0.3) is 0 Å². The topological polar surface area (TPSA) is 54.4 Å². The lowest BCUT2D eigenvalue weighted by Gasteiger charge is -2.21. The Morgan fingerprint density at radius 2 is 1.44 bits per heavy atom. The lowest BCUT2D eigenvalue weighted by molar-refractivity contribution is -0.141. The quantitative estimate of drug-likeness (QED) is 0.505. The van der Waals surface area contributed by atoms with Gasteiger partial charge in [-0.2, -0.15) is 0 Å². The number of aliphatic carboxylic acids is 1. The molecule has 0 aromatic heterocycles. The number of benzene rings is 2. The van der Waals surface area contributed by atoms with Crippen LogP contribution in [0.1, 0.15) is 16.8 Å². The second-order valence-corrected chi connectivity index (χ2v) is 13.5. The number of rotatable bonds is 7. The van der Waals surface area contributed by atoms with Gasteiger partial charge >= 0.3 is 5.97 Å². The molecule has 0 saturated carbocycles. The van der Waals surface area contributed by atoms with Crippen LogP contribution in [-0.4, -0.2) is 24.9 Å². The molecule has 0 spiro atoms. The number of carboxylic acids is 1. The molecule has 3 nitrogen and oxygen atoms in total. The first-order valence-electron chi connectivity index (χ1n) is 8.28. The minimum Gasteiger partial charge on any atom is -0.481 e. The van der Waals surface area contributed by atoms with E-state index in [0.29, 0.717) is 16.6 Å². The maximum absolute atomic E-state index is 12.5. The van der Waals surface area contributed by atoms with Gasteiger partial charge < -0.3 is 5.11 Å². The van der Waals surface area contributed by atoms with E-state index in [9.17, 15) is 14.7 Å². The van der Waals surface area contributed by atoms with Gasteiger partial charge in [0.2, 0.25) is 0 Å². The van der Waals surface area contributed by atoms with Crippen LogP contribution in [0.3, 0.4) is 0 Å². The number of Topliss-reactive ketones (excluding diaryl/α,β-unsaturated/α-hetero) is 1. The highest BCUT2D eigenvalue weighted by molar-refractivity contribution is 6.76. The van der Waals surface area contributed by atoms with Crippen LogP contribution in [0.4, 0.5) is 0 Å². The number of carbonyl (C=O) groups excluding carboxylic acids is 1. The van der Waals surface area contributed by atoms with Gasteiger partial charge in [0.15, 0.2) is 5.78 Å². The highest BCUT2D eigenvalue weighted by atomic mass is 35.5. The van der Waals surface area contributed by atoms with E-state index in [0.717, 1.165) is 11.1 Å². The number of hydrogen-bond donors (Lipinski definition) is 1. The van der Waals surface area contributed by atoms with Gasteiger partial charge in [-0.15, -0.1) is 0 Å². The van der Waals surface area contributed by atoms with E-state index in [2.05, 4.69) is 19.6 Å². The fourth-order valence-corrected chi connectivity index (χ4v) is 4.74. The van der Waals surface area contributed by atoms with E-state index >= 15 is 0 Å². The first-order valence-corrected chi connectivity index (χ1v) is 12.4. The number of halogens is 1. The van der Waals surface area contributed by atoms with E-state index < -0.39 is 20.0 Å². The zero-order valence-corrected chi connectivity index (χ0v) is 16.5. The highest BCUT2D eigenvalue weighted by Gasteiger charge is 2.28. The summed E-state index contributed by atoms with van der Waals surface area (Å²) in [6, 6.07) is 15.4. The maximum atomic E-state index is 12.5. The largest absolute Gasteiger partial charge is 0.481 e. The van der Waals surface area contributed by atoms with E-state index in [1.165, 1.54) is 0 Å². The third-order valence-electron chi connectivity index (χ3n) is 4.02. The lowest BCUT2D eigenvalue weighted by atomic mass is 9.97. The van der Waals surface area contributed by atoms with Crippen molar-refractivity contribution < 1.29 is 14.7 Å². The summed E-state index contributed by atoms with van der Waals surface area (Å²) in [5.74, 6) is -1.60. The third-order valence-corrected chi connectivity index (χ3v) is 5.99. The summed E-state index contributed by atoms with van der Waals surface area (Å²) >= 11 is 5.90. The molecule has 25 heavy (non-hydrogen) atoms. The Bertz CT molecular complexity index is 746. The average molecular weight is 375 g/mol. The Morgan fingerprint density at radius 3 is 1.88 bits per heavy atom. The normalized spacial score (nSPS) is 12.6. The van der Waals surface area contributed by atoms with Gasteiger partial charge in [-0.25, -0.2) is 0 Å². The summed E-state index contributed by atoms with van der Waals surface area (Å²) in [6.45, 7) is 6.36.